The number of aliphatic hydroxyl groups excluding tert-OH is 5. The number of aliphatic hydroxyl groups is 5. The SMILES string of the molecule is OC[C@@H](O)[C@@H](O)[C@H](O)[C@@H](O)/C=N/Nc1nnc(-c2ccccc2)c(-c2ccccc2)n1. The van der Waals surface area contributed by atoms with Crippen molar-refractivity contribution in [1.82, 2.24) is 15.2 Å². The van der Waals surface area contributed by atoms with Crippen molar-refractivity contribution in [2.45, 2.75) is 24.4 Å². The summed E-state index contributed by atoms with van der Waals surface area (Å²) in [6.45, 7) is -0.768. The second kappa shape index (κ2) is 10.7. The molecule has 0 saturated heterocycles. The average molecular weight is 425 g/mol. The predicted octanol–water partition coefficient (Wildman–Crippen LogP) is 0.0392. The number of hydrazone groups is 1. The zero-order chi connectivity index (χ0) is 22.2. The highest BCUT2D eigenvalue weighted by molar-refractivity contribution is 5.78. The fourth-order valence-electron chi connectivity index (χ4n) is 2.76. The van der Waals surface area contributed by atoms with Crippen molar-refractivity contribution in [3.05, 3.63) is 60.7 Å². The number of anilines is 1. The summed E-state index contributed by atoms with van der Waals surface area (Å²) in [5, 5.41) is 59.5. The highest BCUT2D eigenvalue weighted by Gasteiger charge is 2.29. The van der Waals surface area contributed by atoms with Crippen LogP contribution in [0, 0.1) is 0 Å². The third kappa shape index (κ3) is 5.66. The van der Waals surface area contributed by atoms with E-state index in [0.717, 1.165) is 17.3 Å². The van der Waals surface area contributed by atoms with Gasteiger partial charge in [-0.3, -0.25) is 0 Å². The van der Waals surface area contributed by atoms with Crippen LogP contribution in [0.15, 0.2) is 65.8 Å². The van der Waals surface area contributed by atoms with Crippen molar-refractivity contribution in [1.29, 1.82) is 0 Å². The Kier molecular flexibility index (Phi) is 7.70. The van der Waals surface area contributed by atoms with Gasteiger partial charge in [0.25, 0.3) is 5.95 Å². The molecule has 0 spiro atoms. The third-order valence-corrected chi connectivity index (χ3v) is 4.45. The summed E-state index contributed by atoms with van der Waals surface area (Å²) in [5.41, 5.74) is 5.33. The van der Waals surface area contributed by atoms with Crippen molar-refractivity contribution in [2.24, 2.45) is 5.10 Å². The number of aromatic nitrogens is 3. The lowest BCUT2D eigenvalue weighted by Gasteiger charge is -2.23. The molecular weight excluding hydrogens is 402 g/mol. The Hall–Kier alpha value is -3.28. The fourth-order valence-corrected chi connectivity index (χ4v) is 2.76. The fraction of sp³-hybridized carbons (Fsp3) is 0.238. The minimum Gasteiger partial charge on any atom is -0.394 e. The topological polar surface area (TPSA) is 164 Å². The molecule has 0 unspecified atom stereocenters. The Balaban J connectivity index is 1.81. The van der Waals surface area contributed by atoms with Crippen LogP contribution >= 0.6 is 0 Å². The standard InChI is InChI=1S/C21H23N5O5/c27-12-16(29)20(31)19(30)15(28)11-22-25-21-23-17(13-7-3-1-4-8-13)18(24-26-21)14-9-5-2-6-10-14/h1-11,15-16,19-20,27-31H,12H2,(H,23,25,26)/b22-11+/t15-,16+,19+,20+/m0/s1. The number of nitrogens with one attached hydrogen (secondary N) is 1. The molecule has 31 heavy (non-hydrogen) atoms. The Labute approximate surface area is 178 Å². The Morgan fingerprint density at radius 3 is 1.97 bits per heavy atom. The molecule has 4 atom stereocenters. The highest BCUT2D eigenvalue weighted by atomic mass is 16.4. The molecular formula is C21H23N5O5. The molecule has 10 heteroatoms. The molecule has 2 aromatic carbocycles. The minimum atomic E-state index is -1.76. The Morgan fingerprint density at radius 2 is 1.39 bits per heavy atom. The number of nitrogens with zero attached hydrogens (tertiary/aromatic N) is 4. The summed E-state index contributed by atoms with van der Waals surface area (Å²) >= 11 is 0. The first-order chi connectivity index (χ1) is 15.0. The van der Waals surface area contributed by atoms with Crippen LogP contribution in [0.4, 0.5) is 5.95 Å². The summed E-state index contributed by atoms with van der Waals surface area (Å²) in [6, 6.07) is 18.9. The first-order valence-corrected chi connectivity index (χ1v) is 9.49. The maximum Gasteiger partial charge on any atom is 0.263 e. The third-order valence-electron chi connectivity index (χ3n) is 4.45. The first kappa shape index (κ1) is 22.4. The van der Waals surface area contributed by atoms with E-state index in [0.29, 0.717) is 11.4 Å². The van der Waals surface area contributed by atoms with E-state index in [1.165, 1.54) is 0 Å². The average Bonchev–Trinajstić information content (AvgIpc) is 2.83. The van der Waals surface area contributed by atoms with Gasteiger partial charge >= 0.3 is 0 Å². The maximum absolute atomic E-state index is 9.89. The molecule has 0 radical (unpaired) electrons. The Bertz CT molecular complexity index is 990. The molecule has 0 aliphatic carbocycles. The molecule has 0 fully saturated rings. The van der Waals surface area contributed by atoms with E-state index in [1.807, 2.05) is 60.7 Å². The predicted molar refractivity (Wildman–Crippen MR) is 114 cm³/mol. The monoisotopic (exact) mass is 425 g/mol. The van der Waals surface area contributed by atoms with Crippen LogP contribution in [0.3, 0.4) is 0 Å². The van der Waals surface area contributed by atoms with Crippen LogP contribution < -0.4 is 5.43 Å². The van der Waals surface area contributed by atoms with Crippen molar-refractivity contribution >= 4 is 12.2 Å². The lowest BCUT2D eigenvalue weighted by Crippen LogP contribution is -2.46. The van der Waals surface area contributed by atoms with E-state index in [2.05, 4.69) is 25.7 Å². The molecule has 1 aromatic heterocycles. The van der Waals surface area contributed by atoms with Crippen molar-refractivity contribution in [2.75, 3.05) is 12.0 Å². The van der Waals surface area contributed by atoms with Gasteiger partial charge in [-0.2, -0.15) is 5.10 Å². The zero-order valence-electron chi connectivity index (χ0n) is 16.4. The summed E-state index contributed by atoms with van der Waals surface area (Å²) in [7, 11) is 0. The van der Waals surface area contributed by atoms with Crippen LogP contribution in [0.1, 0.15) is 0 Å². The molecule has 0 amide bonds. The van der Waals surface area contributed by atoms with E-state index in [-0.39, 0.29) is 5.95 Å². The largest absolute Gasteiger partial charge is 0.394 e. The van der Waals surface area contributed by atoms with Gasteiger partial charge in [0.2, 0.25) is 0 Å². The smallest absolute Gasteiger partial charge is 0.263 e. The van der Waals surface area contributed by atoms with Gasteiger partial charge in [-0.05, 0) is 0 Å². The molecule has 1 heterocycles. The molecule has 162 valence electrons. The number of hydrogen-bond donors (Lipinski definition) is 6. The molecule has 0 bridgehead atoms. The van der Waals surface area contributed by atoms with Gasteiger partial charge in [-0.25, -0.2) is 10.4 Å². The quantitative estimate of drug-likeness (QED) is 0.205. The van der Waals surface area contributed by atoms with E-state index >= 15 is 0 Å². The van der Waals surface area contributed by atoms with E-state index < -0.39 is 31.0 Å². The minimum absolute atomic E-state index is 0.0485. The first-order valence-electron chi connectivity index (χ1n) is 9.49. The van der Waals surface area contributed by atoms with E-state index in [1.54, 1.807) is 0 Å². The van der Waals surface area contributed by atoms with Crippen LogP contribution in [-0.4, -0.2) is 78.0 Å². The molecule has 3 rings (SSSR count). The maximum atomic E-state index is 9.89. The van der Waals surface area contributed by atoms with E-state index in [9.17, 15) is 20.4 Å². The summed E-state index contributed by atoms with van der Waals surface area (Å²) < 4.78 is 0. The second-order valence-electron chi connectivity index (χ2n) is 6.68. The van der Waals surface area contributed by atoms with Crippen molar-refractivity contribution in [3.8, 4) is 22.5 Å². The second-order valence-corrected chi connectivity index (χ2v) is 6.68. The van der Waals surface area contributed by atoms with Gasteiger partial charge in [0, 0.05) is 11.1 Å². The van der Waals surface area contributed by atoms with Crippen LogP contribution in [0.2, 0.25) is 0 Å². The molecule has 0 saturated carbocycles. The van der Waals surface area contributed by atoms with Gasteiger partial charge in [0.15, 0.2) is 0 Å². The molecule has 6 N–H and O–H groups in total. The van der Waals surface area contributed by atoms with Crippen molar-refractivity contribution < 1.29 is 25.5 Å². The van der Waals surface area contributed by atoms with Gasteiger partial charge in [-0.15, -0.1) is 10.2 Å². The van der Waals surface area contributed by atoms with E-state index in [4.69, 9.17) is 5.11 Å². The summed E-state index contributed by atoms with van der Waals surface area (Å²) in [5.74, 6) is 0.0485. The lowest BCUT2D eigenvalue weighted by atomic mass is 10.0. The molecule has 0 aliphatic heterocycles. The number of rotatable bonds is 9. The van der Waals surface area contributed by atoms with Crippen LogP contribution in [0.25, 0.3) is 22.5 Å². The highest BCUT2D eigenvalue weighted by Crippen LogP contribution is 2.28. The van der Waals surface area contributed by atoms with Gasteiger partial charge < -0.3 is 25.5 Å². The van der Waals surface area contributed by atoms with Gasteiger partial charge in [0.05, 0.1) is 12.8 Å². The number of benzene rings is 2. The summed E-state index contributed by atoms with van der Waals surface area (Å²) in [6.07, 6.45) is -5.81. The molecule has 0 aliphatic rings. The molecule has 3 aromatic rings. The van der Waals surface area contributed by atoms with Crippen molar-refractivity contribution in [3.63, 3.8) is 0 Å². The van der Waals surface area contributed by atoms with Crippen LogP contribution in [0.5, 0.6) is 0 Å². The zero-order valence-corrected chi connectivity index (χ0v) is 16.4. The number of hydrogen-bond acceptors (Lipinski definition) is 10. The van der Waals surface area contributed by atoms with Crippen LogP contribution in [-0.2, 0) is 0 Å². The Morgan fingerprint density at radius 1 is 0.806 bits per heavy atom. The normalized spacial score (nSPS) is 15.4. The van der Waals surface area contributed by atoms with Gasteiger partial charge in [-0.1, -0.05) is 60.7 Å². The van der Waals surface area contributed by atoms with Gasteiger partial charge in [0.1, 0.15) is 35.8 Å². The molecule has 10 nitrogen and oxygen atoms in total. The lowest BCUT2D eigenvalue weighted by molar-refractivity contribution is -0.0999. The summed E-state index contributed by atoms with van der Waals surface area (Å²) in [4.78, 5) is 4.47.